The van der Waals surface area contributed by atoms with Crippen molar-refractivity contribution in [3.05, 3.63) is 11.3 Å². The second-order valence-corrected chi connectivity index (χ2v) is 4.11. The van der Waals surface area contributed by atoms with Crippen LogP contribution in [0.1, 0.15) is 40.5 Å². The minimum absolute atomic E-state index is 0.0420. The molecule has 0 aliphatic rings. The quantitative estimate of drug-likeness (QED) is 0.439. The van der Waals surface area contributed by atoms with Gasteiger partial charge in [0.2, 0.25) is 0 Å². The summed E-state index contributed by atoms with van der Waals surface area (Å²) in [5.74, 6) is -1.27. The molecule has 0 spiro atoms. The summed E-state index contributed by atoms with van der Waals surface area (Å²) in [6, 6.07) is 0. The highest BCUT2D eigenvalue weighted by Gasteiger charge is 2.18. The normalized spacial score (nSPS) is 11.8. The van der Waals surface area contributed by atoms with Crippen molar-refractivity contribution in [2.24, 2.45) is 4.99 Å². The average molecular weight is 336 g/mol. The molecule has 0 radical (unpaired) electrons. The summed E-state index contributed by atoms with van der Waals surface area (Å²) in [6.45, 7) is 7.44. The molecule has 5 nitrogen and oxygen atoms in total. The van der Waals surface area contributed by atoms with Crippen molar-refractivity contribution < 1.29 is 19.1 Å². The average Bonchev–Trinajstić information content (AvgIpc) is 2.44. The van der Waals surface area contributed by atoms with Crippen molar-refractivity contribution in [1.29, 1.82) is 0 Å². The van der Waals surface area contributed by atoms with Gasteiger partial charge in [0, 0.05) is 0 Å². The zero-order valence-corrected chi connectivity index (χ0v) is 14.0. The maximum Gasteiger partial charge on any atom is 0.357 e. The molecule has 0 fully saturated rings. The highest BCUT2D eigenvalue weighted by Crippen LogP contribution is 2.13. The highest BCUT2D eigenvalue weighted by molar-refractivity contribution is 9.18. The Kier molecular flexibility index (Phi) is 12.6. The zero-order valence-electron chi connectivity index (χ0n) is 12.4. The molecule has 0 heterocycles. The Balaban J connectivity index is 0. The van der Waals surface area contributed by atoms with E-state index in [1.807, 2.05) is 20.8 Å². The molecule has 0 N–H and O–H groups in total. The van der Waals surface area contributed by atoms with E-state index >= 15 is 0 Å². The number of ether oxygens (including phenoxy) is 2. The van der Waals surface area contributed by atoms with Crippen molar-refractivity contribution in [3.8, 4) is 0 Å². The summed E-state index contributed by atoms with van der Waals surface area (Å²) in [4.78, 5) is 26.9. The van der Waals surface area contributed by atoms with Crippen LogP contribution >= 0.6 is 15.9 Å². The van der Waals surface area contributed by atoms with Gasteiger partial charge in [0.15, 0.2) is 5.70 Å². The Morgan fingerprint density at radius 1 is 1.11 bits per heavy atom. The lowest BCUT2D eigenvalue weighted by Gasteiger charge is -2.05. The van der Waals surface area contributed by atoms with E-state index in [1.54, 1.807) is 0 Å². The van der Waals surface area contributed by atoms with E-state index in [9.17, 15) is 9.59 Å². The maximum atomic E-state index is 11.5. The van der Waals surface area contributed by atoms with Crippen LogP contribution in [0.5, 0.6) is 0 Å². The van der Waals surface area contributed by atoms with Crippen molar-refractivity contribution in [3.63, 3.8) is 0 Å². The first kappa shape index (κ1) is 20.2. The van der Waals surface area contributed by atoms with Gasteiger partial charge in [-0.2, -0.15) is 0 Å². The summed E-state index contributed by atoms with van der Waals surface area (Å²) in [6.07, 6.45) is 1.55. The number of carbonyl (C=O) groups is 2. The lowest BCUT2D eigenvalue weighted by atomic mass is 10.2. The number of rotatable bonds is 5. The van der Waals surface area contributed by atoms with Gasteiger partial charge in [-0.15, -0.1) is 0 Å². The Bertz CT molecular complexity index is 362. The second kappa shape index (κ2) is 11.9. The van der Waals surface area contributed by atoms with Crippen LogP contribution in [-0.4, -0.2) is 30.8 Å². The van der Waals surface area contributed by atoms with Gasteiger partial charge >= 0.3 is 11.9 Å². The number of halogens is 1. The number of hydrogen-bond acceptors (Lipinski definition) is 5. The Morgan fingerprint density at radius 2 is 1.58 bits per heavy atom. The lowest BCUT2D eigenvalue weighted by Crippen LogP contribution is -2.12. The molecular weight excluding hydrogens is 314 g/mol. The fourth-order valence-corrected chi connectivity index (χ4v) is 1.59. The van der Waals surface area contributed by atoms with Crippen LogP contribution in [0, 0.1) is 0 Å². The standard InChI is InChI=1S/C11H16BrNO4.C2H6/c1-5-6-8(12)13-9(11(15)17-4)7(2)10(14)16-3;1-2/h5-6H2,1-4H3;1-2H3/b9-7+,13-8?;. The van der Waals surface area contributed by atoms with Crippen molar-refractivity contribution >= 4 is 32.5 Å². The Labute approximate surface area is 123 Å². The third kappa shape index (κ3) is 7.77. The maximum absolute atomic E-state index is 11.5. The van der Waals surface area contributed by atoms with Crippen molar-refractivity contribution in [2.75, 3.05) is 14.2 Å². The van der Waals surface area contributed by atoms with E-state index in [0.29, 0.717) is 11.0 Å². The smallest absolute Gasteiger partial charge is 0.357 e. The number of esters is 2. The molecule has 0 aliphatic heterocycles. The van der Waals surface area contributed by atoms with Gasteiger partial charge in [0.1, 0.15) is 0 Å². The van der Waals surface area contributed by atoms with E-state index in [1.165, 1.54) is 21.1 Å². The van der Waals surface area contributed by atoms with Crippen LogP contribution in [0.15, 0.2) is 16.3 Å². The molecule has 0 unspecified atom stereocenters. The van der Waals surface area contributed by atoms with E-state index in [-0.39, 0.29) is 11.3 Å². The van der Waals surface area contributed by atoms with Gasteiger partial charge in [-0.1, -0.05) is 27.2 Å². The van der Waals surface area contributed by atoms with Gasteiger partial charge in [0.05, 0.1) is 24.4 Å². The lowest BCUT2D eigenvalue weighted by molar-refractivity contribution is -0.139. The predicted octanol–water partition coefficient (Wildman–Crippen LogP) is 3.23. The van der Waals surface area contributed by atoms with Crippen LogP contribution in [0.3, 0.4) is 0 Å². The van der Waals surface area contributed by atoms with Gasteiger partial charge in [-0.3, -0.25) is 0 Å². The van der Waals surface area contributed by atoms with E-state index in [2.05, 4.69) is 30.4 Å². The molecule has 0 aromatic carbocycles. The minimum Gasteiger partial charge on any atom is -0.466 e. The summed E-state index contributed by atoms with van der Waals surface area (Å²) in [5.41, 5.74) is 0.0760. The molecule has 0 aromatic rings. The summed E-state index contributed by atoms with van der Waals surface area (Å²) in [7, 11) is 2.47. The first-order chi connectivity index (χ1) is 8.97. The van der Waals surface area contributed by atoms with Gasteiger partial charge in [-0.25, -0.2) is 14.6 Å². The van der Waals surface area contributed by atoms with Crippen LogP contribution in [0.2, 0.25) is 0 Å². The number of methoxy groups -OCH3 is 2. The minimum atomic E-state index is -0.666. The predicted molar refractivity (Wildman–Crippen MR) is 79.4 cm³/mol. The molecular formula is C13H22BrNO4. The molecule has 0 saturated carbocycles. The van der Waals surface area contributed by atoms with Crippen LogP contribution in [0.25, 0.3) is 0 Å². The summed E-state index contributed by atoms with van der Waals surface area (Å²) >= 11 is 3.23. The Morgan fingerprint density at radius 3 is 1.95 bits per heavy atom. The number of hydrogen-bond donors (Lipinski definition) is 0. The fraction of sp³-hybridized carbons (Fsp3) is 0.615. The van der Waals surface area contributed by atoms with E-state index in [4.69, 9.17) is 0 Å². The van der Waals surface area contributed by atoms with Crippen LogP contribution in [-0.2, 0) is 19.1 Å². The molecule has 0 rings (SSSR count). The van der Waals surface area contributed by atoms with Crippen LogP contribution < -0.4 is 0 Å². The first-order valence-electron chi connectivity index (χ1n) is 6.08. The third-order valence-electron chi connectivity index (χ3n) is 1.91. The van der Waals surface area contributed by atoms with Gasteiger partial charge in [0.25, 0.3) is 0 Å². The molecule has 0 aliphatic carbocycles. The highest BCUT2D eigenvalue weighted by atomic mass is 79.9. The molecule has 0 atom stereocenters. The second-order valence-electron chi connectivity index (χ2n) is 3.19. The number of aliphatic imine (C=N–C) groups is 1. The van der Waals surface area contributed by atoms with Crippen molar-refractivity contribution in [2.45, 2.75) is 40.5 Å². The molecule has 6 heteroatoms. The van der Waals surface area contributed by atoms with Gasteiger partial charge < -0.3 is 9.47 Å². The molecule has 19 heavy (non-hydrogen) atoms. The zero-order chi connectivity index (χ0) is 15.4. The number of nitrogens with zero attached hydrogens (tertiary/aromatic N) is 1. The molecule has 0 saturated heterocycles. The topological polar surface area (TPSA) is 65.0 Å². The largest absolute Gasteiger partial charge is 0.466 e. The number of carbonyl (C=O) groups excluding carboxylic acids is 2. The molecule has 0 bridgehead atoms. The molecule has 110 valence electrons. The summed E-state index contributed by atoms with van der Waals surface area (Å²) in [5, 5.41) is 0. The summed E-state index contributed by atoms with van der Waals surface area (Å²) < 4.78 is 9.70. The third-order valence-corrected chi connectivity index (χ3v) is 2.49. The van der Waals surface area contributed by atoms with E-state index < -0.39 is 11.9 Å². The van der Waals surface area contributed by atoms with Crippen LogP contribution in [0.4, 0.5) is 0 Å². The van der Waals surface area contributed by atoms with Crippen molar-refractivity contribution in [1.82, 2.24) is 0 Å². The Hall–Kier alpha value is -1.17. The first-order valence-corrected chi connectivity index (χ1v) is 6.87. The van der Waals surface area contributed by atoms with E-state index in [0.717, 1.165) is 6.42 Å². The molecule has 0 amide bonds. The monoisotopic (exact) mass is 335 g/mol. The fourth-order valence-electron chi connectivity index (χ4n) is 1.01. The SMILES string of the molecule is CC.CCCC(Br)=N/C(C(=O)OC)=C(\C)C(=O)OC. The van der Waals surface area contributed by atoms with Gasteiger partial charge in [-0.05, 0) is 29.3 Å². The molecule has 0 aromatic heterocycles.